The molecule has 1 aliphatic carbocycles. The lowest BCUT2D eigenvalue weighted by molar-refractivity contribution is 0.0721. The first kappa shape index (κ1) is 19.7. The second kappa shape index (κ2) is 5.97. The highest BCUT2D eigenvalue weighted by molar-refractivity contribution is 7.89. The monoisotopic (exact) mass is 418 g/mol. The van der Waals surface area contributed by atoms with Gasteiger partial charge in [-0.2, -0.15) is 9.58 Å². The molecule has 3 amide bonds. The summed E-state index contributed by atoms with van der Waals surface area (Å²) >= 11 is 0. The highest BCUT2D eigenvalue weighted by Gasteiger charge is 2.66. The van der Waals surface area contributed by atoms with Crippen LogP contribution in [0.2, 0.25) is 0 Å². The van der Waals surface area contributed by atoms with E-state index in [0.717, 1.165) is 29.1 Å². The van der Waals surface area contributed by atoms with Gasteiger partial charge in [-0.05, 0) is 32.0 Å². The fourth-order valence-electron chi connectivity index (χ4n) is 4.31. The van der Waals surface area contributed by atoms with Crippen LogP contribution in [0.5, 0.6) is 0 Å². The summed E-state index contributed by atoms with van der Waals surface area (Å²) in [6, 6.07) is 5.80. The molecule has 0 bridgehead atoms. The molecule has 1 aromatic carbocycles. The standard InChI is InChI=1S/C19H24N5O4S/c1-12-9-13(23(4)21-12)11-24(19(2)7-8-19)16-6-5-14(29(20,27)28)10-15(16)17(25)22(3)18(24)26/h5-6,9-10H,7-8,11H2,1-4H3,(H2,20,27,28)/q+1. The molecule has 4 rings (SSSR count). The molecule has 2 aliphatic rings. The third-order valence-corrected chi connectivity index (χ3v) is 7.16. The van der Waals surface area contributed by atoms with E-state index in [-0.39, 0.29) is 21.0 Å². The number of hydrogen-bond acceptors (Lipinski definition) is 5. The topological polar surface area (TPSA) is 115 Å². The van der Waals surface area contributed by atoms with Crippen molar-refractivity contribution in [1.82, 2.24) is 19.2 Å². The van der Waals surface area contributed by atoms with Crippen molar-refractivity contribution in [3.8, 4) is 0 Å². The summed E-state index contributed by atoms with van der Waals surface area (Å²) in [6.45, 7) is 4.22. The second-order valence-corrected chi connectivity index (χ2v) is 9.80. The largest absolute Gasteiger partial charge is 0.431 e. The Hall–Kier alpha value is -2.56. The quantitative estimate of drug-likeness (QED) is 0.758. The molecular formula is C19H24N5O4S+. The number of primary sulfonamides is 1. The zero-order valence-electron chi connectivity index (χ0n) is 16.8. The molecule has 2 aromatic rings. The fraction of sp³-hybridized carbons (Fsp3) is 0.421. The highest BCUT2D eigenvalue weighted by Crippen LogP contribution is 2.54. The van der Waals surface area contributed by atoms with E-state index in [9.17, 15) is 18.0 Å². The van der Waals surface area contributed by atoms with Gasteiger partial charge in [0, 0.05) is 33.0 Å². The van der Waals surface area contributed by atoms with Crippen molar-refractivity contribution >= 4 is 27.6 Å². The molecule has 1 unspecified atom stereocenters. The first-order chi connectivity index (χ1) is 13.4. The summed E-state index contributed by atoms with van der Waals surface area (Å²) < 4.78 is 25.3. The van der Waals surface area contributed by atoms with Gasteiger partial charge in [-0.25, -0.2) is 23.3 Å². The molecule has 2 N–H and O–H groups in total. The number of imide groups is 1. The van der Waals surface area contributed by atoms with Crippen LogP contribution in [0.1, 0.15) is 41.5 Å². The van der Waals surface area contributed by atoms with Crippen LogP contribution in [0.25, 0.3) is 0 Å². The lowest BCUT2D eigenvalue weighted by atomic mass is 10.00. The van der Waals surface area contributed by atoms with Crippen LogP contribution in [0.3, 0.4) is 0 Å². The van der Waals surface area contributed by atoms with Gasteiger partial charge in [-0.3, -0.25) is 9.48 Å². The van der Waals surface area contributed by atoms with Crippen LogP contribution in [0, 0.1) is 6.92 Å². The molecule has 1 fully saturated rings. The maximum atomic E-state index is 13.6. The maximum absolute atomic E-state index is 13.6. The summed E-state index contributed by atoms with van der Waals surface area (Å²) in [7, 11) is -0.730. The van der Waals surface area contributed by atoms with Crippen molar-refractivity contribution in [3.05, 3.63) is 41.2 Å². The van der Waals surface area contributed by atoms with E-state index in [1.165, 1.54) is 19.2 Å². The molecule has 0 saturated heterocycles. The lowest BCUT2D eigenvalue weighted by Gasteiger charge is -2.45. The van der Waals surface area contributed by atoms with Gasteiger partial charge in [0.25, 0.3) is 5.91 Å². The minimum absolute atomic E-state index is 0.0888. The zero-order chi connectivity index (χ0) is 21.4. The van der Waals surface area contributed by atoms with Crippen molar-refractivity contribution in [3.63, 3.8) is 0 Å². The number of carbonyl (C=O) groups excluding carboxylic acids is 2. The van der Waals surface area contributed by atoms with Crippen molar-refractivity contribution < 1.29 is 18.0 Å². The number of nitrogens with zero attached hydrogens (tertiary/aromatic N) is 4. The number of sulfonamides is 1. The number of rotatable bonds is 4. The number of aryl methyl sites for hydroxylation is 2. The van der Waals surface area contributed by atoms with E-state index in [2.05, 4.69) is 5.10 Å². The zero-order valence-corrected chi connectivity index (χ0v) is 17.7. The number of benzene rings is 1. The van der Waals surface area contributed by atoms with Crippen molar-refractivity contribution in [2.75, 3.05) is 7.05 Å². The summed E-state index contributed by atoms with van der Waals surface area (Å²) in [4.78, 5) is 27.5. The Morgan fingerprint density at radius 3 is 2.38 bits per heavy atom. The van der Waals surface area contributed by atoms with Gasteiger partial charge in [-0.1, -0.05) is 0 Å². The molecular weight excluding hydrogens is 394 g/mol. The van der Waals surface area contributed by atoms with E-state index >= 15 is 0 Å². The maximum Gasteiger partial charge on any atom is 0.431 e. The van der Waals surface area contributed by atoms with Crippen molar-refractivity contribution in [2.24, 2.45) is 12.2 Å². The Morgan fingerprint density at radius 2 is 1.86 bits per heavy atom. The van der Waals surface area contributed by atoms with E-state index < -0.39 is 21.5 Å². The Balaban J connectivity index is 2.01. The number of carbonyl (C=O) groups is 2. The number of amides is 3. The van der Waals surface area contributed by atoms with Crippen LogP contribution >= 0.6 is 0 Å². The Kier molecular flexibility index (Phi) is 4.07. The molecule has 0 radical (unpaired) electrons. The number of nitrogens with two attached hydrogens (primary N) is 1. The molecule has 10 heteroatoms. The first-order valence-electron chi connectivity index (χ1n) is 9.28. The van der Waals surface area contributed by atoms with Gasteiger partial charge in [-0.15, -0.1) is 0 Å². The normalized spacial score (nSPS) is 23.3. The van der Waals surface area contributed by atoms with Crippen LogP contribution in [-0.2, 0) is 23.6 Å². The Labute approximate surface area is 169 Å². The minimum atomic E-state index is -3.99. The third kappa shape index (κ3) is 2.74. The first-order valence-corrected chi connectivity index (χ1v) is 10.8. The van der Waals surface area contributed by atoms with E-state index in [1.54, 1.807) is 10.7 Å². The van der Waals surface area contributed by atoms with Gasteiger partial charge >= 0.3 is 6.03 Å². The van der Waals surface area contributed by atoms with Crippen molar-refractivity contribution in [1.29, 1.82) is 0 Å². The number of aromatic nitrogens is 2. The molecule has 1 aliphatic heterocycles. The average molecular weight is 418 g/mol. The Morgan fingerprint density at radius 1 is 1.21 bits per heavy atom. The van der Waals surface area contributed by atoms with E-state index in [0.29, 0.717) is 12.2 Å². The molecule has 1 aromatic heterocycles. The molecule has 29 heavy (non-hydrogen) atoms. The van der Waals surface area contributed by atoms with Crippen LogP contribution in [-0.4, -0.2) is 47.6 Å². The minimum Gasteiger partial charge on any atom is -0.268 e. The molecule has 9 nitrogen and oxygen atoms in total. The highest BCUT2D eigenvalue weighted by atomic mass is 32.2. The van der Waals surface area contributed by atoms with Crippen LogP contribution in [0.15, 0.2) is 29.2 Å². The third-order valence-electron chi connectivity index (χ3n) is 6.25. The fourth-order valence-corrected chi connectivity index (χ4v) is 4.85. The van der Waals surface area contributed by atoms with E-state index in [4.69, 9.17) is 5.14 Å². The van der Waals surface area contributed by atoms with Gasteiger partial charge in [0.15, 0.2) is 5.69 Å². The lowest BCUT2D eigenvalue weighted by Crippen LogP contribution is -2.68. The molecule has 2 heterocycles. The van der Waals surface area contributed by atoms with Crippen LogP contribution in [0.4, 0.5) is 10.5 Å². The molecule has 1 saturated carbocycles. The second-order valence-electron chi connectivity index (χ2n) is 8.24. The smallest absolute Gasteiger partial charge is 0.268 e. The van der Waals surface area contributed by atoms with Gasteiger partial charge < -0.3 is 0 Å². The predicted octanol–water partition coefficient (Wildman–Crippen LogP) is 1.64. The summed E-state index contributed by atoms with van der Waals surface area (Å²) in [5.74, 6) is -0.533. The SMILES string of the molecule is Cc1cc(C[N+]2(C3(C)CC3)C(=O)N(C)C(=O)c3cc(S(N)(=O)=O)ccc32)n(C)n1. The van der Waals surface area contributed by atoms with Crippen LogP contribution < -0.4 is 9.62 Å². The van der Waals surface area contributed by atoms with E-state index in [1.807, 2.05) is 27.0 Å². The predicted molar refractivity (Wildman–Crippen MR) is 106 cm³/mol. The number of hydrogen-bond donors (Lipinski definition) is 1. The summed E-state index contributed by atoms with van der Waals surface area (Å²) in [6.07, 6.45) is 1.63. The van der Waals surface area contributed by atoms with Gasteiger partial charge in [0.1, 0.15) is 17.6 Å². The number of fused-ring (bicyclic) bond motifs is 1. The average Bonchev–Trinajstić information content (AvgIpc) is 3.31. The molecule has 1 atom stereocenters. The van der Waals surface area contributed by atoms with Gasteiger partial charge in [0.2, 0.25) is 10.0 Å². The summed E-state index contributed by atoms with van der Waals surface area (Å²) in [5.41, 5.74) is 1.98. The molecule has 0 spiro atoms. The molecule has 154 valence electrons. The van der Waals surface area contributed by atoms with Crippen molar-refractivity contribution in [2.45, 2.75) is 43.7 Å². The Bertz CT molecular complexity index is 1170. The number of urea groups is 1. The summed E-state index contributed by atoms with van der Waals surface area (Å²) in [5, 5.41) is 9.66. The van der Waals surface area contributed by atoms with Gasteiger partial charge in [0.05, 0.1) is 16.3 Å². The number of quaternary nitrogens is 1.